The number of esters is 1. The van der Waals surface area contributed by atoms with Gasteiger partial charge in [0.25, 0.3) is 0 Å². The highest BCUT2D eigenvalue weighted by molar-refractivity contribution is 5.89. The molecule has 0 unspecified atom stereocenters. The Balaban J connectivity index is 2.38. The van der Waals surface area contributed by atoms with Gasteiger partial charge in [0.05, 0.1) is 19.3 Å². The molecular formula is C13H12F2N2O2. The smallest absolute Gasteiger partial charge is 0.354 e. The van der Waals surface area contributed by atoms with E-state index in [0.717, 1.165) is 18.2 Å². The van der Waals surface area contributed by atoms with Crippen LogP contribution < -0.4 is 5.73 Å². The van der Waals surface area contributed by atoms with Crippen molar-refractivity contribution in [1.29, 1.82) is 0 Å². The zero-order valence-electron chi connectivity index (χ0n) is 10.2. The van der Waals surface area contributed by atoms with Crippen LogP contribution >= 0.6 is 0 Å². The van der Waals surface area contributed by atoms with Gasteiger partial charge in [0.2, 0.25) is 0 Å². The van der Waals surface area contributed by atoms with Crippen LogP contribution in [0.15, 0.2) is 30.5 Å². The highest BCUT2D eigenvalue weighted by atomic mass is 19.1. The van der Waals surface area contributed by atoms with Crippen molar-refractivity contribution in [1.82, 2.24) is 4.57 Å². The molecule has 1 heterocycles. The number of rotatable bonds is 3. The van der Waals surface area contributed by atoms with Crippen molar-refractivity contribution < 1.29 is 18.3 Å². The summed E-state index contributed by atoms with van der Waals surface area (Å²) in [5.74, 6) is -1.69. The first-order valence-corrected chi connectivity index (χ1v) is 5.49. The molecule has 19 heavy (non-hydrogen) atoms. The quantitative estimate of drug-likeness (QED) is 0.866. The number of aromatic nitrogens is 1. The number of hydrogen-bond acceptors (Lipinski definition) is 3. The molecule has 0 amide bonds. The molecule has 0 saturated carbocycles. The van der Waals surface area contributed by atoms with Crippen LogP contribution in [0.1, 0.15) is 16.1 Å². The molecule has 1 aromatic heterocycles. The Hall–Kier alpha value is -2.37. The first-order valence-electron chi connectivity index (χ1n) is 5.49. The summed E-state index contributed by atoms with van der Waals surface area (Å²) in [7, 11) is 1.23. The van der Waals surface area contributed by atoms with Crippen LogP contribution in [0.2, 0.25) is 0 Å². The molecule has 6 heteroatoms. The van der Waals surface area contributed by atoms with Gasteiger partial charge in [0, 0.05) is 11.8 Å². The van der Waals surface area contributed by atoms with Gasteiger partial charge < -0.3 is 15.0 Å². The maximum Gasteiger partial charge on any atom is 0.354 e. The van der Waals surface area contributed by atoms with Crippen LogP contribution in [0.5, 0.6) is 0 Å². The van der Waals surface area contributed by atoms with Crippen LogP contribution in [0, 0.1) is 11.6 Å². The Morgan fingerprint density at radius 3 is 2.79 bits per heavy atom. The van der Waals surface area contributed by atoms with Crippen molar-refractivity contribution in [3.05, 3.63) is 53.4 Å². The zero-order chi connectivity index (χ0) is 14.0. The topological polar surface area (TPSA) is 57.2 Å². The minimum atomic E-state index is -0.589. The van der Waals surface area contributed by atoms with Crippen LogP contribution in [-0.2, 0) is 11.3 Å². The number of halogens is 2. The van der Waals surface area contributed by atoms with Gasteiger partial charge in [-0.25, -0.2) is 13.6 Å². The molecule has 0 aliphatic carbocycles. The van der Waals surface area contributed by atoms with Crippen molar-refractivity contribution in [2.45, 2.75) is 6.54 Å². The van der Waals surface area contributed by atoms with Crippen LogP contribution in [0.4, 0.5) is 14.5 Å². The molecule has 4 nitrogen and oxygen atoms in total. The molecule has 2 N–H and O–H groups in total. The second kappa shape index (κ2) is 5.09. The molecule has 2 rings (SSSR count). The monoisotopic (exact) mass is 266 g/mol. The second-order valence-corrected chi connectivity index (χ2v) is 4.01. The van der Waals surface area contributed by atoms with E-state index in [2.05, 4.69) is 4.74 Å². The molecule has 0 aliphatic rings. The number of ether oxygens (including phenoxy) is 1. The van der Waals surface area contributed by atoms with E-state index in [1.165, 1.54) is 23.9 Å². The second-order valence-electron chi connectivity index (χ2n) is 4.01. The average Bonchev–Trinajstić information content (AvgIpc) is 2.74. The SMILES string of the molecule is COC(=O)c1cc(N)cn1Cc1cc(F)ccc1F. The van der Waals surface area contributed by atoms with E-state index in [1.807, 2.05) is 0 Å². The number of anilines is 1. The van der Waals surface area contributed by atoms with E-state index >= 15 is 0 Å². The standard InChI is InChI=1S/C13H12F2N2O2/c1-19-13(18)12-5-10(16)7-17(12)6-8-4-9(14)2-3-11(8)15/h2-5,7H,6,16H2,1H3. The van der Waals surface area contributed by atoms with Gasteiger partial charge in [-0.1, -0.05) is 0 Å². The number of nitrogen functional groups attached to an aromatic ring is 1. The van der Waals surface area contributed by atoms with Gasteiger partial charge >= 0.3 is 5.97 Å². The summed E-state index contributed by atoms with van der Waals surface area (Å²) < 4.78 is 32.7. The van der Waals surface area contributed by atoms with Crippen molar-refractivity contribution in [3.63, 3.8) is 0 Å². The number of benzene rings is 1. The molecule has 0 bridgehead atoms. The highest BCUT2D eigenvalue weighted by Crippen LogP contribution is 2.17. The van der Waals surface area contributed by atoms with E-state index < -0.39 is 17.6 Å². The first-order chi connectivity index (χ1) is 9.01. The number of methoxy groups -OCH3 is 1. The fourth-order valence-electron chi connectivity index (χ4n) is 1.79. The number of carbonyl (C=O) groups excluding carboxylic acids is 1. The van der Waals surface area contributed by atoms with Crippen LogP contribution in [0.3, 0.4) is 0 Å². The van der Waals surface area contributed by atoms with E-state index in [0.29, 0.717) is 5.69 Å². The molecule has 0 radical (unpaired) electrons. The third-order valence-electron chi connectivity index (χ3n) is 2.66. The summed E-state index contributed by atoms with van der Waals surface area (Å²) >= 11 is 0. The van der Waals surface area contributed by atoms with Gasteiger partial charge in [-0.05, 0) is 24.3 Å². The fraction of sp³-hybridized carbons (Fsp3) is 0.154. The summed E-state index contributed by atoms with van der Waals surface area (Å²) in [5.41, 5.74) is 6.25. The molecule has 0 saturated heterocycles. The maximum atomic E-state index is 13.5. The number of carbonyl (C=O) groups is 1. The Morgan fingerprint density at radius 2 is 2.11 bits per heavy atom. The lowest BCUT2D eigenvalue weighted by Gasteiger charge is -2.08. The predicted octanol–water partition coefficient (Wildman–Crippen LogP) is 2.18. The van der Waals surface area contributed by atoms with Crippen molar-refractivity contribution in [2.24, 2.45) is 0 Å². The number of nitrogens with zero attached hydrogens (tertiary/aromatic N) is 1. The van der Waals surface area contributed by atoms with Crippen LogP contribution in [-0.4, -0.2) is 17.6 Å². The molecule has 0 fully saturated rings. The third kappa shape index (κ3) is 2.73. The van der Waals surface area contributed by atoms with Gasteiger partial charge in [-0.2, -0.15) is 0 Å². The highest BCUT2D eigenvalue weighted by Gasteiger charge is 2.15. The summed E-state index contributed by atoms with van der Waals surface area (Å²) in [6, 6.07) is 4.56. The molecular weight excluding hydrogens is 254 g/mol. The lowest BCUT2D eigenvalue weighted by molar-refractivity contribution is 0.0589. The lowest BCUT2D eigenvalue weighted by atomic mass is 10.2. The Bertz CT molecular complexity index is 623. The van der Waals surface area contributed by atoms with Crippen LogP contribution in [0.25, 0.3) is 0 Å². The Morgan fingerprint density at radius 1 is 1.37 bits per heavy atom. The molecule has 100 valence electrons. The minimum absolute atomic E-state index is 0.00870. The lowest BCUT2D eigenvalue weighted by Crippen LogP contribution is -2.11. The Labute approximate surface area is 108 Å². The molecule has 0 atom stereocenters. The van der Waals surface area contributed by atoms with Crippen molar-refractivity contribution in [2.75, 3.05) is 12.8 Å². The van der Waals surface area contributed by atoms with Crippen molar-refractivity contribution >= 4 is 11.7 Å². The summed E-state index contributed by atoms with van der Waals surface area (Å²) in [4.78, 5) is 11.5. The zero-order valence-corrected chi connectivity index (χ0v) is 10.2. The molecule has 1 aromatic carbocycles. The molecule has 2 aromatic rings. The van der Waals surface area contributed by atoms with Gasteiger partial charge in [-0.15, -0.1) is 0 Å². The number of hydrogen-bond donors (Lipinski definition) is 1. The van der Waals surface area contributed by atoms with E-state index in [4.69, 9.17) is 5.73 Å². The van der Waals surface area contributed by atoms with Gasteiger partial charge in [-0.3, -0.25) is 0 Å². The third-order valence-corrected chi connectivity index (χ3v) is 2.66. The number of nitrogens with two attached hydrogens (primary N) is 1. The first kappa shape index (κ1) is 13.1. The van der Waals surface area contributed by atoms with E-state index in [1.54, 1.807) is 0 Å². The predicted molar refractivity (Wildman–Crippen MR) is 65.6 cm³/mol. The van der Waals surface area contributed by atoms with Gasteiger partial charge in [0.15, 0.2) is 0 Å². The van der Waals surface area contributed by atoms with Crippen molar-refractivity contribution in [3.8, 4) is 0 Å². The fourth-order valence-corrected chi connectivity index (χ4v) is 1.79. The minimum Gasteiger partial charge on any atom is -0.464 e. The maximum absolute atomic E-state index is 13.5. The largest absolute Gasteiger partial charge is 0.464 e. The normalized spacial score (nSPS) is 10.5. The van der Waals surface area contributed by atoms with E-state index in [-0.39, 0.29) is 17.8 Å². The summed E-state index contributed by atoms with van der Waals surface area (Å²) in [6.45, 7) is -0.00870. The average molecular weight is 266 g/mol. The molecule has 0 spiro atoms. The summed E-state index contributed by atoms with van der Waals surface area (Å²) in [6.07, 6.45) is 1.47. The van der Waals surface area contributed by atoms with E-state index in [9.17, 15) is 13.6 Å². The Kier molecular flexibility index (Phi) is 3.50. The summed E-state index contributed by atoms with van der Waals surface area (Å²) in [5, 5.41) is 0. The molecule has 0 aliphatic heterocycles. The van der Waals surface area contributed by atoms with Gasteiger partial charge in [0.1, 0.15) is 17.3 Å².